The predicted molar refractivity (Wildman–Crippen MR) is 114 cm³/mol. The summed E-state index contributed by atoms with van der Waals surface area (Å²) in [7, 11) is 1.96. The van der Waals surface area contributed by atoms with Crippen LogP contribution in [0.15, 0.2) is 66.9 Å². The lowest BCUT2D eigenvalue weighted by Crippen LogP contribution is -2.21. The molecule has 6 nitrogen and oxygen atoms in total. The third-order valence-corrected chi connectivity index (χ3v) is 4.51. The van der Waals surface area contributed by atoms with Crippen LogP contribution in [-0.4, -0.2) is 47.8 Å². The lowest BCUT2D eigenvalue weighted by molar-refractivity contribution is -0.142. The summed E-state index contributed by atoms with van der Waals surface area (Å²) >= 11 is 0. The van der Waals surface area contributed by atoms with Gasteiger partial charge in [-0.15, -0.1) is 0 Å². The first-order valence-electron chi connectivity index (χ1n) is 9.63. The first-order valence-corrected chi connectivity index (χ1v) is 9.63. The summed E-state index contributed by atoms with van der Waals surface area (Å²) in [6.45, 7) is 0.943. The molecule has 29 heavy (non-hydrogen) atoms. The number of anilines is 1. The van der Waals surface area contributed by atoms with E-state index in [0.29, 0.717) is 12.6 Å². The Morgan fingerprint density at radius 1 is 1.00 bits per heavy atom. The van der Waals surface area contributed by atoms with Crippen LogP contribution in [0.2, 0.25) is 0 Å². The van der Waals surface area contributed by atoms with Crippen molar-refractivity contribution in [3.8, 4) is 22.4 Å². The summed E-state index contributed by atoms with van der Waals surface area (Å²) in [5.41, 5.74) is 4.02. The number of nitrogens with zero attached hydrogens (tertiary/aromatic N) is 3. The van der Waals surface area contributed by atoms with Gasteiger partial charge in [0.25, 0.3) is 0 Å². The summed E-state index contributed by atoms with van der Waals surface area (Å²) in [6, 6.07) is 20.3. The Labute approximate surface area is 170 Å². The van der Waals surface area contributed by atoms with Gasteiger partial charge in [0.1, 0.15) is 6.61 Å². The summed E-state index contributed by atoms with van der Waals surface area (Å²) < 4.78 is 5.07. The predicted octanol–water partition coefficient (Wildman–Crippen LogP) is 4.13. The van der Waals surface area contributed by atoms with Gasteiger partial charge in [-0.1, -0.05) is 60.7 Å². The minimum atomic E-state index is -0.942. The normalized spacial score (nSPS) is 10.7. The van der Waals surface area contributed by atoms with E-state index in [4.69, 9.17) is 14.8 Å². The quantitative estimate of drug-likeness (QED) is 0.524. The molecule has 0 radical (unpaired) electrons. The van der Waals surface area contributed by atoms with E-state index in [1.807, 2.05) is 54.5 Å². The molecule has 0 amide bonds. The van der Waals surface area contributed by atoms with Gasteiger partial charge in [-0.3, -0.25) is 0 Å². The first kappa shape index (κ1) is 20.5. The molecule has 0 unspecified atom stereocenters. The molecule has 0 aliphatic heterocycles. The molecule has 0 saturated carbocycles. The SMILES string of the molecule is CN(CCCCOCC(=O)O)c1ncc(-c2ccccc2)c(-c2ccccc2)n1. The van der Waals surface area contributed by atoms with Crippen molar-refractivity contribution in [1.82, 2.24) is 9.97 Å². The maximum atomic E-state index is 10.5. The van der Waals surface area contributed by atoms with E-state index in [2.05, 4.69) is 29.2 Å². The van der Waals surface area contributed by atoms with E-state index in [0.717, 1.165) is 41.8 Å². The molecule has 2 aromatic carbocycles. The number of benzene rings is 2. The van der Waals surface area contributed by atoms with Crippen LogP contribution < -0.4 is 4.90 Å². The number of hydrogen-bond donors (Lipinski definition) is 1. The molecule has 150 valence electrons. The molecule has 0 spiro atoms. The average molecular weight is 391 g/mol. The van der Waals surface area contributed by atoms with E-state index >= 15 is 0 Å². The molecular formula is C23H25N3O3. The summed E-state index contributed by atoms with van der Waals surface area (Å²) in [5.74, 6) is -0.280. The number of aliphatic carboxylic acids is 1. The molecule has 1 aromatic heterocycles. The molecule has 1 N–H and O–H groups in total. The first-order chi connectivity index (χ1) is 14.1. The maximum absolute atomic E-state index is 10.5. The van der Waals surface area contributed by atoms with Crippen LogP contribution in [0.4, 0.5) is 5.95 Å². The maximum Gasteiger partial charge on any atom is 0.329 e. The highest BCUT2D eigenvalue weighted by molar-refractivity contribution is 5.80. The molecule has 0 atom stereocenters. The highest BCUT2D eigenvalue weighted by Crippen LogP contribution is 2.31. The Morgan fingerprint density at radius 3 is 2.31 bits per heavy atom. The minimum Gasteiger partial charge on any atom is -0.480 e. The van der Waals surface area contributed by atoms with Crippen LogP contribution in [0.25, 0.3) is 22.4 Å². The number of unbranched alkanes of at least 4 members (excludes halogenated alkanes) is 1. The topological polar surface area (TPSA) is 75.5 Å². The number of carbonyl (C=O) groups is 1. The molecule has 0 fully saturated rings. The second-order valence-electron chi connectivity index (χ2n) is 6.74. The number of hydrogen-bond acceptors (Lipinski definition) is 5. The van der Waals surface area contributed by atoms with Crippen molar-refractivity contribution in [2.45, 2.75) is 12.8 Å². The summed E-state index contributed by atoms with van der Waals surface area (Å²) in [6.07, 6.45) is 3.53. The molecule has 3 aromatic rings. The van der Waals surface area contributed by atoms with Crippen molar-refractivity contribution >= 4 is 11.9 Å². The number of rotatable bonds is 10. The van der Waals surface area contributed by atoms with E-state index in [-0.39, 0.29) is 6.61 Å². The van der Waals surface area contributed by atoms with Crippen LogP contribution in [0, 0.1) is 0 Å². The van der Waals surface area contributed by atoms with Gasteiger partial charge in [0.05, 0.1) is 5.69 Å². The van der Waals surface area contributed by atoms with Gasteiger partial charge >= 0.3 is 5.97 Å². The summed E-state index contributed by atoms with van der Waals surface area (Å²) in [5, 5.41) is 8.58. The van der Waals surface area contributed by atoms with Gasteiger partial charge in [-0.2, -0.15) is 0 Å². The fourth-order valence-corrected chi connectivity index (χ4v) is 3.01. The summed E-state index contributed by atoms with van der Waals surface area (Å²) in [4.78, 5) is 21.9. The molecular weight excluding hydrogens is 366 g/mol. The fraction of sp³-hybridized carbons (Fsp3) is 0.261. The van der Waals surface area contributed by atoms with Crippen molar-refractivity contribution in [2.75, 3.05) is 31.7 Å². The lowest BCUT2D eigenvalue weighted by atomic mass is 10.0. The Hall–Kier alpha value is -3.25. The molecule has 0 saturated heterocycles. The molecule has 0 bridgehead atoms. The third-order valence-electron chi connectivity index (χ3n) is 4.51. The van der Waals surface area contributed by atoms with Gasteiger partial charge in [-0.25, -0.2) is 14.8 Å². The number of ether oxygens (including phenoxy) is 1. The van der Waals surface area contributed by atoms with Crippen LogP contribution in [0.3, 0.4) is 0 Å². The van der Waals surface area contributed by atoms with Crippen molar-refractivity contribution in [3.05, 3.63) is 66.9 Å². The smallest absolute Gasteiger partial charge is 0.329 e. The van der Waals surface area contributed by atoms with Crippen LogP contribution in [0.1, 0.15) is 12.8 Å². The van der Waals surface area contributed by atoms with Crippen molar-refractivity contribution in [2.24, 2.45) is 0 Å². The zero-order valence-electron chi connectivity index (χ0n) is 16.5. The zero-order chi connectivity index (χ0) is 20.5. The van der Waals surface area contributed by atoms with Crippen LogP contribution in [0.5, 0.6) is 0 Å². The van der Waals surface area contributed by atoms with Gasteiger partial charge < -0.3 is 14.7 Å². The third kappa shape index (κ3) is 5.86. The number of carboxylic acids is 1. The van der Waals surface area contributed by atoms with Gasteiger partial charge in [0.15, 0.2) is 0 Å². The van der Waals surface area contributed by atoms with Crippen LogP contribution in [-0.2, 0) is 9.53 Å². The van der Waals surface area contributed by atoms with E-state index in [1.54, 1.807) is 0 Å². The highest BCUT2D eigenvalue weighted by Gasteiger charge is 2.13. The van der Waals surface area contributed by atoms with Gasteiger partial charge in [0, 0.05) is 37.5 Å². The minimum absolute atomic E-state index is 0.250. The van der Waals surface area contributed by atoms with E-state index in [9.17, 15) is 4.79 Å². The number of carboxylic acid groups (broad SMARTS) is 1. The molecule has 0 aliphatic rings. The lowest BCUT2D eigenvalue weighted by Gasteiger charge is -2.19. The van der Waals surface area contributed by atoms with Gasteiger partial charge in [-0.05, 0) is 18.4 Å². The second-order valence-corrected chi connectivity index (χ2v) is 6.74. The average Bonchev–Trinajstić information content (AvgIpc) is 2.76. The van der Waals surface area contributed by atoms with Crippen molar-refractivity contribution in [3.63, 3.8) is 0 Å². The van der Waals surface area contributed by atoms with Crippen LogP contribution >= 0.6 is 0 Å². The van der Waals surface area contributed by atoms with Gasteiger partial charge in [0.2, 0.25) is 5.95 Å². The second kappa shape index (κ2) is 10.3. The Balaban J connectivity index is 1.74. The fourth-order valence-electron chi connectivity index (χ4n) is 3.01. The van der Waals surface area contributed by atoms with Crippen molar-refractivity contribution < 1.29 is 14.6 Å². The van der Waals surface area contributed by atoms with E-state index in [1.165, 1.54) is 0 Å². The van der Waals surface area contributed by atoms with E-state index < -0.39 is 5.97 Å². The Morgan fingerprint density at radius 2 is 1.66 bits per heavy atom. The Bertz CT molecular complexity index is 917. The van der Waals surface area contributed by atoms with Crippen molar-refractivity contribution in [1.29, 1.82) is 0 Å². The molecule has 6 heteroatoms. The largest absolute Gasteiger partial charge is 0.480 e. The monoisotopic (exact) mass is 391 g/mol. The number of aromatic nitrogens is 2. The highest BCUT2D eigenvalue weighted by atomic mass is 16.5. The Kier molecular flexibility index (Phi) is 7.30. The zero-order valence-corrected chi connectivity index (χ0v) is 16.5. The molecule has 3 rings (SSSR count). The molecule has 1 heterocycles. The standard InChI is InChI=1S/C23H25N3O3/c1-26(14-8-9-15-29-17-21(27)28)23-24-16-20(18-10-4-2-5-11-18)22(25-23)19-12-6-3-7-13-19/h2-7,10-13,16H,8-9,14-15,17H2,1H3,(H,27,28). The molecule has 0 aliphatic carbocycles.